The van der Waals surface area contributed by atoms with E-state index in [4.69, 9.17) is 0 Å². The lowest BCUT2D eigenvalue weighted by Crippen LogP contribution is -2.52. The average Bonchev–Trinajstić information content (AvgIpc) is 2.64. The summed E-state index contributed by atoms with van der Waals surface area (Å²) in [5.41, 5.74) is -0.447. The van der Waals surface area contributed by atoms with Crippen molar-refractivity contribution in [1.82, 2.24) is 14.3 Å². The lowest BCUT2D eigenvalue weighted by molar-refractivity contribution is 0.324. The maximum absolute atomic E-state index is 12.5. The summed E-state index contributed by atoms with van der Waals surface area (Å²) in [5, 5.41) is 3.36. The van der Waals surface area contributed by atoms with Crippen LogP contribution in [0, 0.1) is 5.92 Å². The SMILES string of the molecule is CC(C)CN(CC1CCCN1)S(=O)(=O)NC(C)(C)C. The molecule has 0 aromatic rings. The van der Waals surface area contributed by atoms with Crippen LogP contribution in [0.2, 0.25) is 0 Å². The van der Waals surface area contributed by atoms with Crippen LogP contribution in [0.4, 0.5) is 0 Å². The zero-order chi connectivity index (χ0) is 14.7. The van der Waals surface area contributed by atoms with Crippen molar-refractivity contribution in [3.63, 3.8) is 0 Å². The zero-order valence-electron chi connectivity index (χ0n) is 12.9. The van der Waals surface area contributed by atoms with Crippen LogP contribution in [0.25, 0.3) is 0 Å². The van der Waals surface area contributed by atoms with Gasteiger partial charge in [-0.15, -0.1) is 0 Å². The summed E-state index contributed by atoms with van der Waals surface area (Å²) in [6.45, 7) is 11.8. The largest absolute Gasteiger partial charge is 0.313 e. The van der Waals surface area contributed by atoms with Gasteiger partial charge in [-0.2, -0.15) is 17.4 Å². The van der Waals surface area contributed by atoms with E-state index in [0.29, 0.717) is 19.0 Å². The molecule has 0 aromatic carbocycles. The van der Waals surface area contributed by atoms with E-state index in [-0.39, 0.29) is 6.04 Å². The van der Waals surface area contributed by atoms with Gasteiger partial charge in [0.1, 0.15) is 0 Å². The van der Waals surface area contributed by atoms with E-state index in [0.717, 1.165) is 19.4 Å². The van der Waals surface area contributed by atoms with E-state index >= 15 is 0 Å². The van der Waals surface area contributed by atoms with Gasteiger partial charge in [0.25, 0.3) is 10.2 Å². The van der Waals surface area contributed by atoms with Crippen molar-refractivity contribution in [3.05, 3.63) is 0 Å². The predicted molar refractivity (Wildman–Crippen MR) is 79.2 cm³/mol. The first-order valence-corrected chi connectivity index (χ1v) is 8.56. The first-order valence-electron chi connectivity index (χ1n) is 7.12. The van der Waals surface area contributed by atoms with Crippen molar-refractivity contribution in [2.24, 2.45) is 5.92 Å². The Balaban J connectivity index is 2.76. The Kier molecular flexibility index (Phi) is 5.79. The second-order valence-corrected chi connectivity index (χ2v) is 8.53. The maximum Gasteiger partial charge on any atom is 0.279 e. The minimum atomic E-state index is -3.42. The molecule has 5 nitrogen and oxygen atoms in total. The van der Waals surface area contributed by atoms with Crippen molar-refractivity contribution in [1.29, 1.82) is 0 Å². The molecule has 19 heavy (non-hydrogen) atoms. The quantitative estimate of drug-likeness (QED) is 0.776. The Morgan fingerprint density at radius 3 is 2.42 bits per heavy atom. The van der Waals surface area contributed by atoms with Crippen molar-refractivity contribution < 1.29 is 8.42 Å². The van der Waals surface area contributed by atoms with Gasteiger partial charge in [0.15, 0.2) is 0 Å². The molecule has 0 bridgehead atoms. The third-order valence-electron chi connectivity index (χ3n) is 2.93. The van der Waals surface area contributed by atoms with Crippen LogP contribution in [-0.4, -0.2) is 43.9 Å². The minimum absolute atomic E-state index is 0.287. The molecule has 2 N–H and O–H groups in total. The number of nitrogens with one attached hydrogen (secondary N) is 2. The summed E-state index contributed by atoms with van der Waals surface area (Å²) in [4.78, 5) is 0. The van der Waals surface area contributed by atoms with Gasteiger partial charge in [-0.25, -0.2) is 0 Å². The summed E-state index contributed by atoms with van der Waals surface area (Å²) in [7, 11) is -3.42. The van der Waals surface area contributed by atoms with Crippen LogP contribution in [0.15, 0.2) is 0 Å². The Morgan fingerprint density at radius 2 is 2.00 bits per heavy atom. The summed E-state index contributed by atoms with van der Waals surface area (Å²) >= 11 is 0. The molecule has 1 aliphatic rings. The summed E-state index contributed by atoms with van der Waals surface area (Å²) < 4.78 is 29.2. The number of hydrogen-bond acceptors (Lipinski definition) is 3. The van der Waals surface area contributed by atoms with Gasteiger partial charge in [-0.3, -0.25) is 0 Å². The van der Waals surface area contributed by atoms with Crippen LogP contribution in [0.3, 0.4) is 0 Å². The number of hydrogen-bond donors (Lipinski definition) is 2. The molecule has 1 heterocycles. The highest BCUT2D eigenvalue weighted by Gasteiger charge is 2.30. The molecule has 114 valence electrons. The van der Waals surface area contributed by atoms with Crippen LogP contribution >= 0.6 is 0 Å². The molecule has 1 saturated heterocycles. The molecule has 0 spiro atoms. The van der Waals surface area contributed by atoms with Crippen molar-refractivity contribution in [2.75, 3.05) is 19.6 Å². The first-order chi connectivity index (χ1) is 8.60. The standard InChI is InChI=1S/C13H29N3O2S/c1-11(2)9-16(10-12-7-6-8-14-12)19(17,18)15-13(3,4)5/h11-12,14-15H,6-10H2,1-5H3. The molecule has 0 radical (unpaired) electrons. The van der Waals surface area contributed by atoms with E-state index in [9.17, 15) is 8.42 Å². The molecule has 0 saturated carbocycles. The van der Waals surface area contributed by atoms with Gasteiger partial charge in [0.05, 0.1) is 0 Å². The molecule has 1 fully saturated rings. The monoisotopic (exact) mass is 291 g/mol. The smallest absolute Gasteiger partial charge is 0.279 e. The lowest BCUT2D eigenvalue weighted by Gasteiger charge is -2.30. The van der Waals surface area contributed by atoms with E-state index < -0.39 is 15.7 Å². The molecule has 6 heteroatoms. The van der Waals surface area contributed by atoms with E-state index in [2.05, 4.69) is 10.0 Å². The van der Waals surface area contributed by atoms with Crippen molar-refractivity contribution in [3.8, 4) is 0 Å². The van der Waals surface area contributed by atoms with E-state index in [1.165, 1.54) is 0 Å². The summed E-state index contributed by atoms with van der Waals surface area (Å²) in [6, 6.07) is 0.287. The topological polar surface area (TPSA) is 61.4 Å². The van der Waals surface area contributed by atoms with Crippen molar-refractivity contribution in [2.45, 2.75) is 59.0 Å². The van der Waals surface area contributed by atoms with Crippen LogP contribution in [0.5, 0.6) is 0 Å². The van der Waals surface area contributed by atoms with Crippen LogP contribution in [-0.2, 0) is 10.2 Å². The Hall–Kier alpha value is -0.170. The Bertz CT molecular complexity index is 368. The average molecular weight is 291 g/mol. The molecule has 1 unspecified atom stereocenters. The Morgan fingerprint density at radius 1 is 1.37 bits per heavy atom. The lowest BCUT2D eigenvalue weighted by atomic mass is 10.1. The van der Waals surface area contributed by atoms with E-state index in [1.54, 1.807) is 4.31 Å². The second-order valence-electron chi connectivity index (χ2n) is 6.86. The minimum Gasteiger partial charge on any atom is -0.313 e. The highest BCUT2D eigenvalue weighted by atomic mass is 32.2. The maximum atomic E-state index is 12.5. The van der Waals surface area contributed by atoms with Gasteiger partial charge in [-0.05, 0) is 46.1 Å². The van der Waals surface area contributed by atoms with Crippen molar-refractivity contribution >= 4 is 10.2 Å². The molecule has 0 amide bonds. The molecule has 0 aliphatic carbocycles. The van der Waals surface area contributed by atoms with Gasteiger partial charge in [0.2, 0.25) is 0 Å². The fraction of sp³-hybridized carbons (Fsp3) is 1.00. The second kappa shape index (κ2) is 6.52. The fourth-order valence-electron chi connectivity index (χ4n) is 2.29. The van der Waals surface area contributed by atoms with Crippen LogP contribution in [0.1, 0.15) is 47.5 Å². The number of nitrogens with zero attached hydrogens (tertiary/aromatic N) is 1. The van der Waals surface area contributed by atoms with Gasteiger partial charge in [-0.1, -0.05) is 13.8 Å². The van der Waals surface area contributed by atoms with Gasteiger partial charge >= 0.3 is 0 Å². The summed E-state index contributed by atoms with van der Waals surface area (Å²) in [6.07, 6.45) is 2.19. The van der Waals surface area contributed by atoms with Gasteiger partial charge in [0, 0.05) is 24.7 Å². The van der Waals surface area contributed by atoms with Gasteiger partial charge < -0.3 is 5.32 Å². The first kappa shape index (κ1) is 16.9. The highest BCUT2D eigenvalue weighted by molar-refractivity contribution is 7.87. The fourth-order valence-corrected chi connectivity index (χ4v) is 4.06. The number of rotatable bonds is 6. The molecular formula is C13H29N3O2S. The molecule has 1 rings (SSSR count). The third kappa shape index (κ3) is 6.21. The molecule has 1 aliphatic heterocycles. The Labute approximate surface area is 118 Å². The molecule has 1 atom stereocenters. The highest BCUT2D eigenvalue weighted by Crippen LogP contribution is 2.13. The third-order valence-corrected chi connectivity index (χ3v) is 4.78. The zero-order valence-corrected chi connectivity index (χ0v) is 13.7. The summed E-state index contributed by atoms with van der Waals surface area (Å²) in [5.74, 6) is 0.318. The van der Waals surface area contributed by atoms with E-state index in [1.807, 2.05) is 34.6 Å². The molecule has 0 aromatic heterocycles. The molecular weight excluding hydrogens is 262 g/mol. The van der Waals surface area contributed by atoms with Crippen LogP contribution < -0.4 is 10.0 Å². The normalized spacial score (nSPS) is 21.5. The predicted octanol–water partition coefficient (Wildman–Crippen LogP) is 1.33.